The molecular formula is C13H17FN2O3. The fourth-order valence-electron chi connectivity index (χ4n) is 2.06. The maximum atomic E-state index is 13.6. The summed E-state index contributed by atoms with van der Waals surface area (Å²) in [7, 11) is 0. The van der Waals surface area contributed by atoms with E-state index in [0.29, 0.717) is 19.7 Å². The van der Waals surface area contributed by atoms with Gasteiger partial charge in [0.25, 0.3) is 5.91 Å². The number of nitrogens with zero attached hydrogens (tertiary/aromatic N) is 1. The molecule has 1 fully saturated rings. The Hall–Kier alpha value is -1.66. The van der Waals surface area contributed by atoms with Gasteiger partial charge in [-0.15, -0.1) is 0 Å². The van der Waals surface area contributed by atoms with Crippen LogP contribution in [-0.4, -0.2) is 47.8 Å². The SMILES string of the molecule is CC(N)C1CN(C(=O)c2c(O)cccc2F)CCO1. The highest BCUT2D eigenvalue weighted by molar-refractivity contribution is 5.97. The minimum Gasteiger partial charge on any atom is -0.507 e. The van der Waals surface area contributed by atoms with Crippen molar-refractivity contribution in [1.82, 2.24) is 4.90 Å². The van der Waals surface area contributed by atoms with Crippen LogP contribution in [0.3, 0.4) is 0 Å². The molecular weight excluding hydrogens is 251 g/mol. The van der Waals surface area contributed by atoms with Gasteiger partial charge < -0.3 is 20.5 Å². The molecule has 19 heavy (non-hydrogen) atoms. The van der Waals surface area contributed by atoms with E-state index in [2.05, 4.69) is 0 Å². The van der Waals surface area contributed by atoms with Gasteiger partial charge in [0.05, 0.1) is 12.7 Å². The minimum absolute atomic E-state index is 0.218. The molecule has 5 nitrogen and oxygen atoms in total. The highest BCUT2D eigenvalue weighted by Gasteiger charge is 2.29. The average Bonchev–Trinajstić information content (AvgIpc) is 2.38. The standard InChI is InChI=1S/C13H17FN2O3/c1-8(15)11-7-16(5-6-19-11)13(18)12-9(14)3-2-4-10(12)17/h2-4,8,11,17H,5-7,15H2,1H3. The Kier molecular flexibility index (Phi) is 4.01. The van der Waals surface area contributed by atoms with Gasteiger partial charge in [0, 0.05) is 19.1 Å². The zero-order valence-electron chi connectivity index (χ0n) is 10.7. The summed E-state index contributed by atoms with van der Waals surface area (Å²) in [4.78, 5) is 13.7. The predicted octanol–water partition coefficient (Wildman–Crippen LogP) is 0.719. The summed E-state index contributed by atoms with van der Waals surface area (Å²) < 4.78 is 19.1. The number of phenols is 1. The highest BCUT2D eigenvalue weighted by atomic mass is 19.1. The van der Waals surface area contributed by atoms with Crippen molar-refractivity contribution >= 4 is 5.91 Å². The van der Waals surface area contributed by atoms with Crippen LogP contribution in [0.4, 0.5) is 4.39 Å². The van der Waals surface area contributed by atoms with Gasteiger partial charge in [-0.1, -0.05) is 6.07 Å². The third kappa shape index (κ3) is 2.85. The lowest BCUT2D eigenvalue weighted by atomic mass is 10.1. The molecule has 2 atom stereocenters. The number of hydrogen-bond donors (Lipinski definition) is 2. The van der Waals surface area contributed by atoms with E-state index in [-0.39, 0.29) is 23.5 Å². The number of ether oxygens (including phenoxy) is 1. The van der Waals surface area contributed by atoms with Gasteiger partial charge in [-0.05, 0) is 19.1 Å². The molecule has 0 spiro atoms. The normalized spacial score (nSPS) is 21.2. The van der Waals surface area contributed by atoms with Gasteiger partial charge in [0.1, 0.15) is 17.1 Å². The Morgan fingerprint density at radius 3 is 3.00 bits per heavy atom. The van der Waals surface area contributed by atoms with Crippen molar-refractivity contribution in [3.05, 3.63) is 29.6 Å². The predicted molar refractivity (Wildman–Crippen MR) is 67.4 cm³/mol. The largest absolute Gasteiger partial charge is 0.507 e. The third-order valence-corrected chi connectivity index (χ3v) is 3.17. The molecule has 0 aromatic heterocycles. The summed E-state index contributed by atoms with van der Waals surface area (Å²) >= 11 is 0. The number of nitrogens with two attached hydrogens (primary N) is 1. The molecule has 1 aliphatic rings. The number of amides is 1. The second kappa shape index (κ2) is 5.54. The number of halogens is 1. The van der Waals surface area contributed by atoms with Crippen LogP contribution in [0.2, 0.25) is 0 Å². The van der Waals surface area contributed by atoms with Crippen LogP contribution in [0.25, 0.3) is 0 Å². The molecule has 2 unspecified atom stereocenters. The van der Waals surface area contributed by atoms with Crippen molar-refractivity contribution < 1.29 is 19.0 Å². The maximum Gasteiger partial charge on any atom is 0.260 e. The first-order valence-electron chi connectivity index (χ1n) is 6.14. The fraction of sp³-hybridized carbons (Fsp3) is 0.462. The van der Waals surface area contributed by atoms with E-state index in [1.54, 1.807) is 6.92 Å². The number of carbonyl (C=O) groups excluding carboxylic acids is 1. The number of benzene rings is 1. The third-order valence-electron chi connectivity index (χ3n) is 3.17. The first kappa shape index (κ1) is 13.8. The maximum absolute atomic E-state index is 13.6. The molecule has 0 radical (unpaired) electrons. The second-order valence-corrected chi connectivity index (χ2v) is 4.65. The van der Waals surface area contributed by atoms with Crippen LogP contribution in [0.15, 0.2) is 18.2 Å². The molecule has 104 valence electrons. The van der Waals surface area contributed by atoms with E-state index in [4.69, 9.17) is 10.5 Å². The van der Waals surface area contributed by atoms with E-state index in [1.165, 1.54) is 17.0 Å². The lowest BCUT2D eigenvalue weighted by molar-refractivity contribution is -0.0302. The van der Waals surface area contributed by atoms with Gasteiger partial charge in [0.15, 0.2) is 0 Å². The molecule has 1 heterocycles. The van der Waals surface area contributed by atoms with E-state index in [0.717, 1.165) is 6.07 Å². The molecule has 3 N–H and O–H groups in total. The quantitative estimate of drug-likeness (QED) is 0.828. The Labute approximate surface area is 110 Å². The first-order chi connectivity index (χ1) is 9.00. The molecule has 1 aromatic carbocycles. The molecule has 0 saturated carbocycles. The molecule has 1 aliphatic heterocycles. The van der Waals surface area contributed by atoms with Crippen molar-refractivity contribution in [1.29, 1.82) is 0 Å². The molecule has 1 saturated heterocycles. The van der Waals surface area contributed by atoms with Crippen LogP contribution >= 0.6 is 0 Å². The first-order valence-corrected chi connectivity index (χ1v) is 6.14. The second-order valence-electron chi connectivity index (χ2n) is 4.65. The van der Waals surface area contributed by atoms with E-state index in [1.807, 2.05) is 0 Å². The molecule has 1 amide bonds. The Morgan fingerprint density at radius 2 is 2.37 bits per heavy atom. The summed E-state index contributed by atoms with van der Waals surface area (Å²) in [5, 5.41) is 9.62. The zero-order chi connectivity index (χ0) is 14.0. The smallest absolute Gasteiger partial charge is 0.260 e. The van der Waals surface area contributed by atoms with Crippen molar-refractivity contribution in [3.8, 4) is 5.75 Å². The van der Waals surface area contributed by atoms with Crippen LogP contribution in [0, 0.1) is 5.82 Å². The van der Waals surface area contributed by atoms with Crippen LogP contribution in [-0.2, 0) is 4.74 Å². The van der Waals surface area contributed by atoms with Gasteiger partial charge >= 0.3 is 0 Å². The van der Waals surface area contributed by atoms with Crippen LogP contribution in [0.1, 0.15) is 17.3 Å². The average molecular weight is 268 g/mol. The van der Waals surface area contributed by atoms with Gasteiger partial charge in [-0.3, -0.25) is 4.79 Å². The highest BCUT2D eigenvalue weighted by Crippen LogP contribution is 2.22. The summed E-state index contributed by atoms with van der Waals surface area (Å²) in [6, 6.07) is 3.58. The van der Waals surface area contributed by atoms with E-state index >= 15 is 0 Å². The van der Waals surface area contributed by atoms with Crippen molar-refractivity contribution in [2.24, 2.45) is 5.73 Å². The molecule has 0 bridgehead atoms. The zero-order valence-corrected chi connectivity index (χ0v) is 10.7. The number of phenolic OH excluding ortho intramolecular Hbond substituents is 1. The number of morpholine rings is 1. The molecule has 1 aromatic rings. The van der Waals surface area contributed by atoms with E-state index in [9.17, 15) is 14.3 Å². The van der Waals surface area contributed by atoms with Crippen molar-refractivity contribution in [3.63, 3.8) is 0 Å². The summed E-state index contributed by atoms with van der Waals surface area (Å²) in [5.74, 6) is -1.62. The van der Waals surface area contributed by atoms with Crippen molar-refractivity contribution in [2.45, 2.75) is 19.1 Å². The van der Waals surface area contributed by atoms with Crippen LogP contribution < -0.4 is 5.73 Å². The van der Waals surface area contributed by atoms with Crippen molar-refractivity contribution in [2.75, 3.05) is 19.7 Å². The van der Waals surface area contributed by atoms with Crippen LogP contribution in [0.5, 0.6) is 5.75 Å². The van der Waals surface area contributed by atoms with Gasteiger partial charge in [0.2, 0.25) is 0 Å². The number of carbonyl (C=O) groups is 1. The monoisotopic (exact) mass is 268 g/mol. The molecule has 6 heteroatoms. The van der Waals surface area contributed by atoms with Gasteiger partial charge in [-0.25, -0.2) is 4.39 Å². The number of hydrogen-bond acceptors (Lipinski definition) is 4. The Bertz CT molecular complexity index is 459. The topological polar surface area (TPSA) is 75.8 Å². The molecule has 2 rings (SSSR count). The Balaban J connectivity index is 2.20. The summed E-state index contributed by atoms with van der Waals surface area (Å²) in [5.41, 5.74) is 5.44. The van der Waals surface area contributed by atoms with Gasteiger partial charge in [-0.2, -0.15) is 0 Å². The Morgan fingerprint density at radius 1 is 1.63 bits per heavy atom. The lowest BCUT2D eigenvalue weighted by Crippen LogP contribution is -2.51. The lowest BCUT2D eigenvalue weighted by Gasteiger charge is -2.34. The fourth-order valence-corrected chi connectivity index (χ4v) is 2.06. The number of aromatic hydroxyl groups is 1. The number of rotatable bonds is 2. The molecule has 0 aliphatic carbocycles. The summed E-state index contributed by atoms with van der Waals surface area (Å²) in [6.07, 6.45) is -0.272. The summed E-state index contributed by atoms with van der Waals surface area (Å²) in [6.45, 7) is 2.80. The van der Waals surface area contributed by atoms with E-state index < -0.39 is 11.7 Å². The minimum atomic E-state index is -0.728.